The van der Waals surface area contributed by atoms with Crippen LogP contribution in [0.1, 0.15) is 18.9 Å². The van der Waals surface area contributed by atoms with Crippen molar-refractivity contribution in [2.75, 3.05) is 6.61 Å². The lowest BCUT2D eigenvalue weighted by Crippen LogP contribution is -2.07. The summed E-state index contributed by atoms with van der Waals surface area (Å²) in [5.41, 5.74) is 0.319. The lowest BCUT2D eigenvalue weighted by molar-refractivity contribution is -0.138. The minimum atomic E-state index is -0.682. The zero-order valence-corrected chi connectivity index (χ0v) is 9.44. The maximum atomic E-state index is 12.9. The van der Waals surface area contributed by atoms with Crippen LogP contribution in [0.5, 0.6) is 0 Å². The summed E-state index contributed by atoms with van der Waals surface area (Å²) in [4.78, 5) is 11.4. The van der Waals surface area contributed by atoms with Gasteiger partial charge in [0, 0.05) is 0 Å². The molecule has 1 aromatic rings. The molecule has 0 saturated carbocycles. The minimum Gasteiger partial charge on any atom is -0.462 e. The highest BCUT2D eigenvalue weighted by Gasteiger charge is 2.09. The summed E-state index contributed by atoms with van der Waals surface area (Å²) in [5.74, 6) is -1.10. The van der Waals surface area contributed by atoms with Crippen LogP contribution in [0.2, 0.25) is 0 Å². The van der Waals surface area contributed by atoms with Crippen LogP contribution < -0.4 is 0 Å². The van der Waals surface area contributed by atoms with Crippen LogP contribution in [0, 0.1) is 17.1 Å². The summed E-state index contributed by atoms with van der Waals surface area (Å²) in [6.45, 7) is 2.12. The van der Waals surface area contributed by atoms with E-state index in [1.165, 1.54) is 24.3 Å². The molecule has 0 amide bonds. The van der Waals surface area contributed by atoms with Crippen molar-refractivity contribution >= 4 is 12.0 Å². The molecule has 1 aromatic carbocycles. The molecule has 0 aromatic heterocycles. The van der Waals surface area contributed by atoms with E-state index in [0.717, 1.165) is 0 Å². The number of ether oxygens (including phenoxy) is 1. The molecule has 0 spiro atoms. The highest BCUT2D eigenvalue weighted by Crippen LogP contribution is 2.09. The Hall–Kier alpha value is -2.15. The average Bonchev–Trinajstić information content (AvgIpc) is 2.33. The Balaban J connectivity index is 2.87. The number of benzene rings is 1. The number of esters is 1. The van der Waals surface area contributed by atoms with Crippen LogP contribution in [-0.2, 0) is 9.53 Å². The molecule has 88 valence electrons. The molecule has 0 radical (unpaired) electrons. The number of hydrogen-bond acceptors (Lipinski definition) is 3. The monoisotopic (exact) mass is 233 g/mol. The van der Waals surface area contributed by atoms with Crippen molar-refractivity contribution in [1.82, 2.24) is 0 Å². The van der Waals surface area contributed by atoms with E-state index in [0.29, 0.717) is 12.0 Å². The van der Waals surface area contributed by atoms with E-state index in [2.05, 4.69) is 0 Å². The molecule has 1 rings (SSSR count). The van der Waals surface area contributed by atoms with Crippen molar-refractivity contribution < 1.29 is 13.9 Å². The topological polar surface area (TPSA) is 50.1 Å². The molecule has 17 heavy (non-hydrogen) atoms. The van der Waals surface area contributed by atoms with Gasteiger partial charge < -0.3 is 4.74 Å². The second-order valence-electron chi connectivity index (χ2n) is 3.36. The van der Waals surface area contributed by atoms with E-state index in [-0.39, 0.29) is 12.2 Å². The summed E-state index contributed by atoms with van der Waals surface area (Å²) in [6, 6.07) is 7.39. The Labute approximate surface area is 99.1 Å². The van der Waals surface area contributed by atoms with Crippen molar-refractivity contribution in [1.29, 1.82) is 5.26 Å². The second-order valence-corrected chi connectivity index (χ2v) is 3.36. The second kappa shape index (κ2) is 6.44. The zero-order chi connectivity index (χ0) is 12.7. The van der Waals surface area contributed by atoms with E-state index in [4.69, 9.17) is 10.00 Å². The fourth-order valence-electron chi connectivity index (χ4n) is 1.17. The van der Waals surface area contributed by atoms with Gasteiger partial charge in [-0.05, 0) is 30.2 Å². The molecule has 0 atom stereocenters. The normalized spacial score (nSPS) is 10.8. The standard InChI is InChI=1S/C13H12FNO2/c1-2-6-17-13(16)11(9-15)7-10-4-3-5-12(14)8-10/h3-5,7-8H,2,6H2,1H3/b11-7+. The molecule has 0 N–H and O–H groups in total. The predicted octanol–water partition coefficient (Wildman–Crippen LogP) is 2.69. The summed E-state index contributed by atoms with van der Waals surface area (Å²) < 4.78 is 17.7. The van der Waals surface area contributed by atoms with Gasteiger partial charge in [-0.3, -0.25) is 0 Å². The van der Waals surface area contributed by atoms with Gasteiger partial charge in [0.2, 0.25) is 0 Å². The molecule has 0 aliphatic heterocycles. The molecule has 0 heterocycles. The Morgan fingerprint density at radius 3 is 2.94 bits per heavy atom. The molecule has 0 aliphatic rings. The highest BCUT2D eigenvalue weighted by atomic mass is 19.1. The zero-order valence-electron chi connectivity index (χ0n) is 9.44. The average molecular weight is 233 g/mol. The highest BCUT2D eigenvalue weighted by molar-refractivity contribution is 5.97. The third-order valence-electron chi connectivity index (χ3n) is 1.94. The smallest absolute Gasteiger partial charge is 0.348 e. The Kier molecular flexibility index (Phi) is 4.89. The lowest BCUT2D eigenvalue weighted by atomic mass is 10.1. The fraction of sp³-hybridized carbons (Fsp3) is 0.231. The maximum absolute atomic E-state index is 12.9. The van der Waals surface area contributed by atoms with Crippen LogP contribution in [0.15, 0.2) is 29.8 Å². The molecule has 3 nitrogen and oxygen atoms in total. The molecule has 0 bridgehead atoms. The van der Waals surface area contributed by atoms with Gasteiger partial charge in [0.1, 0.15) is 17.5 Å². The number of nitriles is 1. The largest absolute Gasteiger partial charge is 0.462 e. The summed E-state index contributed by atoms with van der Waals surface area (Å²) in [5, 5.41) is 8.81. The van der Waals surface area contributed by atoms with Crippen LogP contribution >= 0.6 is 0 Å². The SMILES string of the molecule is CCCOC(=O)/C(C#N)=C/c1cccc(F)c1. The summed E-state index contributed by atoms with van der Waals surface area (Å²) in [7, 11) is 0. The van der Waals surface area contributed by atoms with E-state index < -0.39 is 11.8 Å². The summed E-state index contributed by atoms with van der Waals surface area (Å²) in [6.07, 6.45) is 1.99. The van der Waals surface area contributed by atoms with Crippen LogP contribution in [-0.4, -0.2) is 12.6 Å². The number of carbonyl (C=O) groups is 1. The van der Waals surface area contributed by atoms with Gasteiger partial charge >= 0.3 is 5.97 Å². The Bertz CT molecular complexity index is 475. The molecule has 0 fully saturated rings. The molecule has 4 heteroatoms. The Morgan fingerprint density at radius 1 is 1.59 bits per heavy atom. The molecule has 0 unspecified atom stereocenters. The number of nitrogens with zero attached hydrogens (tertiary/aromatic N) is 1. The van der Waals surface area contributed by atoms with Gasteiger partial charge in [-0.2, -0.15) is 5.26 Å². The van der Waals surface area contributed by atoms with Crippen molar-refractivity contribution in [2.24, 2.45) is 0 Å². The van der Waals surface area contributed by atoms with Crippen LogP contribution in [0.3, 0.4) is 0 Å². The Morgan fingerprint density at radius 2 is 2.35 bits per heavy atom. The van der Waals surface area contributed by atoms with Gasteiger partial charge in [-0.15, -0.1) is 0 Å². The minimum absolute atomic E-state index is 0.135. The first-order valence-electron chi connectivity index (χ1n) is 5.22. The quantitative estimate of drug-likeness (QED) is 0.456. The first kappa shape index (κ1) is 12.9. The van der Waals surface area contributed by atoms with Crippen molar-refractivity contribution in [3.63, 3.8) is 0 Å². The predicted molar refractivity (Wildman–Crippen MR) is 61.2 cm³/mol. The number of carbonyl (C=O) groups excluding carboxylic acids is 1. The molecular weight excluding hydrogens is 221 g/mol. The van der Waals surface area contributed by atoms with Gasteiger partial charge in [0.25, 0.3) is 0 Å². The fourth-order valence-corrected chi connectivity index (χ4v) is 1.17. The van der Waals surface area contributed by atoms with Crippen molar-refractivity contribution in [3.05, 3.63) is 41.2 Å². The third kappa shape index (κ3) is 4.07. The molecule has 0 saturated heterocycles. The first-order valence-corrected chi connectivity index (χ1v) is 5.22. The number of rotatable bonds is 4. The van der Waals surface area contributed by atoms with E-state index in [1.807, 2.05) is 6.92 Å². The van der Waals surface area contributed by atoms with Gasteiger partial charge in [0.15, 0.2) is 0 Å². The van der Waals surface area contributed by atoms with Gasteiger partial charge in [-0.1, -0.05) is 19.1 Å². The van der Waals surface area contributed by atoms with Crippen molar-refractivity contribution in [3.8, 4) is 6.07 Å². The molecular formula is C13H12FNO2. The van der Waals surface area contributed by atoms with Gasteiger partial charge in [0.05, 0.1) is 6.61 Å². The molecule has 0 aliphatic carbocycles. The number of hydrogen-bond donors (Lipinski definition) is 0. The van der Waals surface area contributed by atoms with Gasteiger partial charge in [-0.25, -0.2) is 9.18 Å². The first-order chi connectivity index (χ1) is 8.17. The van der Waals surface area contributed by atoms with Crippen LogP contribution in [0.4, 0.5) is 4.39 Å². The van der Waals surface area contributed by atoms with Crippen LogP contribution in [0.25, 0.3) is 6.08 Å². The number of halogens is 1. The van der Waals surface area contributed by atoms with E-state index >= 15 is 0 Å². The summed E-state index contributed by atoms with van der Waals surface area (Å²) >= 11 is 0. The van der Waals surface area contributed by atoms with Crippen molar-refractivity contribution in [2.45, 2.75) is 13.3 Å². The maximum Gasteiger partial charge on any atom is 0.348 e. The van der Waals surface area contributed by atoms with E-state index in [1.54, 1.807) is 12.1 Å². The lowest BCUT2D eigenvalue weighted by Gasteiger charge is -2.01. The van der Waals surface area contributed by atoms with E-state index in [9.17, 15) is 9.18 Å². The third-order valence-corrected chi connectivity index (χ3v) is 1.94.